The molecule has 2 aromatic rings. The molecule has 0 aliphatic heterocycles. The van der Waals surface area contributed by atoms with Crippen LogP contribution in [-0.4, -0.2) is 9.97 Å². The summed E-state index contributed by atoms with van der Waals surface area (Å²) in [5.41, 5.74) is 2.27. The third-order valence-corrected chi connectivity index (χ3v) is 3.13. The van der Waals surface area contributed by atoms with Gasteiger partial charge < -0.3 is 0 Å². The second-order valence-corrected chi connectivity index (χ2v) is 4.86. The second kappa shape index (κ2) is 4.46. The summed E-state index contributed by atoms with van der Waals surface area (Å²) in [7, 11) is 0. The summed E-state index contributed by atoms with van der Waals surface area (Å²) in [4.78, 5) is 8.89. The fourth-order valence-electron chi connectivity index (χ4n) is 1.90. The Hall–Kier alpha value is -1.41. The predicted octanol–water partition coefficient (Wildman–Crippen LogP) is 3.60. The van der Waals surface area contributed by atoms with Gasteiger partial charge in [-0.05, 0) is 24.5 Å². The molecule has 1 aromatic carbocycles. The predicted molar refractivity (Wildman–Crippen MR) is 68.3 cm³/mol. The van der Waals surface area contributed by atoms with Crippen LogP contribution in [0.2, 0.25) is 5.15 Å². The van der Waals surface area contributed by atoms with E-state index in [2.05, 4.69) is 22.1 Å². The third kappa shape index (κ3) is 2.64. The first-order valence-corrected chi connectivity index (χ1v) is 6.26. The van der Waals surface area contributed by atoms with Gasteiger partial charge >= 0.3 is 0 Å². The van der Waals surface area contributed by atoms with Gasteiger partial charge in [-0.3, -0.25) is 0 Å². The van der Waals surface area contributed by atoms with Gasteiger partial charge in [0.25, 0.3) is 0 Å². The van der Waals surface area contributed by atoms with E-state index in [-0.39, 0.29) is 0 Å². The molecule has 1 fully saturated rings. The highest BCUT2D eigenvalue weighted by atomic mass is 35.5. The van der Waals surface area contributed by atoms with E-state index in [1.165, 1.54) is 18.4 Å². The molecule has 2 nitrogen and oxygen atoms in total. The van der Waals surface area contributed by atoms with E-state index in [4.69, 9.17) is 11.6 Å². The van der Waals surface area contributed by atoms with E-state index in [9.17, 15) is 0 Å². The minimum atomic E-state index is 0.545. The first-order chi connectivity index (χ1) is 8.31. The summed E-state index contributed by atoms with van der Waals surface area (Å²) in [6.07, 6.45) is 3.22. The van der Waals surface area contributed by atoms with Crippen molar-refractivity contribution in [3.05, 3.63) is 58.6 Å². The van der Waals surface area contributed by atoms with Crippen LogP contribution in [0.15, 0.2) is 36.4 Å². The topological polar surface area (TPSA) is 25.8 Å². The molecule has 86 valence electrons. The molecule has 1 heterocycles. The summed E-state index contributed by atoms with van der Waals surface area (Å²) in [6, 6.07) is 12.2. The van der Waals surface area contributed by atoms with Crippen molar-refractivity contribution in [2.45, 2.75) is 25.2 Å². The number of benzene rings is 1. The number of hydrogen-bond donors (Lipinski definition) is 0. The largest absolute Gasteiger partial charge is 0.237 e. The van der Waals surface area contributed by atoms with E-state index in [1.807, 2.05) is 24.3 Å². The van der Waals surface area contributed by atoms with Gasteiger partial charge in [0.2, 0.25) is 0 Å². The van der Waals surface area contributed by atoms with Crippen LogP contribution < -0.4 is 0 Å². The highest BCUT2D eigenvalue weighted by Crippen LogP contribution is 2.38. The molecule has 0 unspecified atom stereocenters. The first kappa shape index (κ1) is 10.7. The fourth-order valence-corrected chi connectivity index (χ4v) is 2.12. The zero-order valence-electron chi connectivity index (χ0n) is 9.44. The van der Waals surface area contributed by atoms with Crippen LogP contribution in [-0.2, 0) is 6.42 Å². The average molecular weight is 245 g/mol. The fraction of sp³-hybridized carbons (Fsp3) is 0.286. The molecule has 0 amide bonds. The van der Waals surface area contributed by atoms with Crippen molar-refractivity contribution >= 4 is 11.6 Å². The van der Waals surface area contributed by atoms with Crippen LogP contribution in [0.5, 0.6) is 0 Å². The summed E-state index contributed by atoms with van der Waals surface area (Å²) in [6.45, 7) is 0. The number of halogens is 1. The summed E-state index contributed by atoms with van der Waals surface area (Å²) in [5.74, 6) is 1.46. The molecule has 0 spiro atoms. The van der Waals surface area contributed by atoms with Gasteiger partial charge in [-0.1, -0.05) is 41.9 Å². The highest BCUT2D eigenvalue weighted by molar-refractivity contribution is 6.29. The van der Waals surface area contributed by atoms with Crippen molar-refractivity contribution in [3.8, 4) is 0 Å². The van der Waals surface area contributed by atoms with Crippen molar-refractivity contribution in [2.75, 3.05) is 0 Å². The van der Waals surface area contributed by atoms with Crippen molar-refractivity contribution < 1.29 is 0 Å². The molecule has 1 aromatic heterocycles. The van der Waals surface area contributed by atoms with E-state index >= 15 is 0 Å². The van der Waals surface area contributed by atoms with E-state index in [1.54, 1.807) is 0 Å². The highest BCUT2D eigenvalue weighted by Gasteiger charge is 2.27. The van der Waals surface area contributed by atoms with Crippen molar-refractivity contribution in [2.24, 2.45) is 0 Å². The minimum Gasteiger partial charge on any atom is -0.237 e. The SMILES string of the molecule is Clc1cc(Cc2ccccc2)nc(C2CC2)n1. The Morgan fingerprint density at radius 2 is 1.88 bits per heavy atom. The normalized spacial score (nSPS) is 14.9. The van der Waals surface area contributed by atoms with Gasteiger partial charge in [0.05, 0.1) is 0 Å². The molecule has 3 heteroatoms. The lowest BCUT2D eigenvalue weighted by Crippen LogP contribution is -1.99. The zero-order chi connectivity index (χ0) is 11.7. The average Bonchev–Trinajstić information content (AvgIpc) is 3.13. The third-order valence-electron chi connectivity index (χ3n) is 2.94. The molecule has 0 saturated heterocycles. The Kier molecular flexibility index (Phi) is 2.81. The zero-order valence-corrected chi connectivity index (χ0v) is 10.2. The molecular weight excluding hydrogens is 232 g/mol. The molecular formula is C14H13ClN2. The van der Waals surface area contributed by atoms with Gasteiger partial charge in [0, 0.05) is 18.0 Å². The van der Waals surface area contributed by atoms with Crippen LogP contribution in [0.4, 0.5) is 0 Å². The van der Waals surface area contributed by atoms with Crippen LogP contribution >= 0.6 is 11.6 Å². The summed E-state index contributed by atoms with van der Waals surface area (Å²) >= 11 is 6.04. The van der Waals surface area contributed by atoms with Crippen LogP contribution in [0.1, 0.15) is 35.8 Å². The van der Waals surface area contributed by atoms with Crippen LogP contribution in [0, 0.1) is 0 Å². The number of rotatable bonds is 3. The van der Waals surface area contributed by atoms with Gasteiger partial charge in [0.1, 0.15) is 11.0 Å². The Balaban J connectivity index is 1.87. The van der Waals surface area contributed by atoms with E-state index in [0.717, 1.165) is 17.9 Å². The van der Waals surface area contributed by atoms with Crippen molar-refractivity contribution in [1.29, 1.82) is 0 Å². The monoisotopic (exact) mass is 244 g/mol. The van der Waals surface area contributed by atoms with Gasteiger partial charge in [-0.15, -0.1) is 0 Å². The van der Waals surface area contributed by atoms with Crippen LogP contribution in [0.25, 0.3) is 0 Å². The maximum atomic E-state index is 6.04. The lowest BCUT2D eigenvalue weighted by Gasteiger charge is -2.04. The van der Waals surface area contributed by atoms with Gasteiger partial charge in [0.15, 0.2) is 0 Å². The number of nitrogens with zero attached hydrogens (tertiary/aromatic N) is 2. The number of aromatic nitrogens is 2. The maximum Gasteiger partial charge on any atom is 0.133 e. The standard InChI is InChI=1S/C14H13ClN2/c15-13-9-12(8-10-4-2-1-3-5-10)16-14(17-13)11-6-7-11/h1-5,9,11H,6-8H2. The molecule has 1 aliphatic carbocycles. The molecule has 17 heavy (non-hydrogen) atoms. The Morgan fingerprint density at radius 3 is 2.59 bits per heavy atom. The van der Waals surface area contributed by atoms with Crippen molar-refractivity contribution in [1.82, 2.24) is 9.97 Å². The molecule has 0 bridgehead atoms. The molecule has 3 rings (SSSR count). The first-order valence-electron chi connectivity index (χ1n) is 5.88. The molecule has 0 N–H and O–H groups in total. The molecule has 1 saturated carbocycles. The van der Waals surface area contributed by atoms with Crippen molar-refractivity contribution in [3.63, 3.8) is 0 Å². The molecule has 0 radical (unpaired) electrons. The minimum absolute atomic E-state index is 0.545. The smallest absolute Gasteiger partial charge is 0.133 e. The second-order valence-electron chi connectivity index (χ2n) is 4.48. The molecule has 0 atom stereocenters. The maximum absolute atomic E-state index is 6.04. The Labute approximate surface area is 106 Å². The quantitative estimate of drug-likeness (QED) is 0.771. The Bertz CT molecular complexity index is 521. The van der Waals surface area contributed by atoms with E-state index < -0.39 is 0 Å². The van der Waals surface area contributed by atoms with Gasteiger partial charge in [-0.2, -0.15) is 0 Å². The number of hydrogen-bond acceptors (Lipinski definition) is 2. The lowest BCUT2D eigenvalue weighted by atomic mass is 10.1. The summed E-state index contributed by atoms with van der Waals surface area (Å²) in [5, 5.41) is 0.563. The lowest BCUT2D eigenvalue weighted by molar-refractivity contribution is 0.887. The van der Waals surface area contributed by atoms with Crippen LogP contribution in [0.3, 0.4) is 0 Å². The molecule has 1 aliphatic rings. The Morgan fingerprint density at radius 1 is 1.12 bits per heavy atom. The van der Waals surface area contributed by atoms with E-state index in [0.29, 0.717) is 11.1 Å². The summed E-state index contributed by atoms with van der Waals surface area (Å²) < 4.78 is 0. The van der Waals surface area contributed by atoms with Gasteiger partial charge in [-0.25, -0.2) is 9.97 Å².